The van der Waals surface area contributed by atoms with Crippen molar-refractivity contribution >= 4 is 29.7 Å². The molecule has 33 heavy (non-hydrogen) atoms. The van der Waals surface area contributed by atoms with Crippen molar-refractivity contribution < 1.29 is 23.9 Å². The number of nitrogens with zero attached hydrogens (tertiary/aromatic N) is 1. The molecule has 0 heterocycles. The fourth-order valence-corrected chi connectivity index (χ4v) is 2.70. The largest absolute Gasteiger partial charge is 0.489 e. The van der Waals surface area contributed by atoms with E-state index in [1.165, 1.54) is 30.5 Å². The number of amides is 2. The zero-order valence-corrected chi connectivity index (χ0v) is 18.0. The molecule has 0 saturated carbocycles. The van der Waals surface area contributed by atoms with Crippen molar-refractivity contribution in [3.63, 3.8) is 0 Å². The van der Waals surface area contributed by atoms with Crippen LogP contribution in [0.2, 0.25) is 0 Å². The fourth-order valence-electron chi connectivity index (χ4n) is 2.70. The minimum atomic E-state index is -0.927. The van der Waals surface area contributed by atoms with Crippen LogP contribution < -0.4 is 15.5 Å². The van der Waals surface area contributed by atoms with Crippen LogP contribution >= 0.6 is 0 Å². The summed E-state index contributed by atoms with van der Waals surface area (Å²) in [5.74, 6) is -1.57. The van der Waals surface area contributed by atoms with Crippen LogP contribution in [-0.4, -0.2) is 30.6 Å². The molecular formula is C25H23N3O5. The van der Waals surface area contributed by atoms with Crippen molar-refractivity contribution in [2.24, 2.45) is 5.10 Å². The molecule has 2 N–H and O–H groups in total. The number of nitrogens with one attached hydrogen (secondary N) is 2. The van der Waals surface area contributed by atoms with Crippen molar-refractivity contribution in [1.29, 1.82) is 0 Å². The van der Waals surface area contributed by atoms with Gasteiger partial charge in [-0.25, -0.2) is 10.2 Å². The first kappa shape index (κ1) is 23.2. The van der Waals surface area contributed by atoms with Gasteiger partial charge < -0.3 is 14.8 Å². The number of rotatable bonds is 8. The molecular weight excluding hydrogens is 422 g/mol. The summed E-state index contributed by atoms with van der Waals surface area (Å²) in [4.78, 5) is 35.6. The van der Waals surface area contributed by atoms with Crippen LogP contribution in [0.3, 0.4) is 0 Å². The molecule has 168 valence electrons. The minimum Gasteiger partial charge on any atom is -0.489 e. The third-order valence-electron chi connectivity index (χ3n) is 4.37. The molecule has 8 heteroatoms. The van der Waals surface area contributed by atoms with E-state index in [-0.39, 0.29) is 6.61 Å². The average Bonchev–Trinajstić information content (AvgIpc) is 2.84. The van der Waals surface area contributed by atoms with Crippen LogP contribution in [-0.2, 0) is 20.9 Å². The summed E-state index contributed by atoms with van der Waals surface area (Å²) >= 11 is 0. The molecule has 0 fully saturated rings. The van der Waals surface area contributed by atoms with Crippen molar-refractivity contribution in [1.82, 2.24) is 5.43 Å². The van der Waals surface area contributed by atoms with Crippen molar-refractivity contribution in [2.45, 2.75) is 13.5 Å². The average molecular weight is 445 g/mol. The fraction of sp³-hybridized carbons (Fsp3) is 0.120. The molecule has 3 aromatic rings. The summed E-state index contributed by atoms with van der Waals surface area (Å²) in [6, 6.07) is 23.0. The third-order valence-corrected chi connectivity index (χ3v) is 4.37. The molecule has 0 saturated heterocycles. The second kappa shape index (κ2) is 11.8. The van der Waals surface area contributed by atoms with E-state index in [2.05, 4.69) is 15.8 Å². The molecule has 0 aromatic heterocycles. The second-order valence-electron chi connectivity index (χ2n) is 6.79. The SMILES string of the molecule is CCOC(=O)c1ccc(NC(=O)C(=O)N/N=C\c2ccc(OCc3ccccc3)cc2)cc1. The van der Waals surface area contributed by atoms with E-state index in [4.69, 9.17) is 9.47 Å². The van der Waals surface area contributed by atoms with Gasteiger partial charge in [0, 0.05) is 5.69 Å². The molecule has 8 nitrogen and oxygen atoms in total. The smallest absolute Gasteiger partial charge is 0.338 e. The Morgan fingerprint density at radius 1 is 0.879 bits per heavy atom. The van der Waals surface area contributed by atoms with Gasteiger partial charge in [0.25, 0.3) is 0 Å². The summed E-state index contributed by atoms with van der Waals surface area (Å²) in [5.41, 5.74) is 4.67. The van der Waals surface area contributed by atoms with Crippen LogP contribution in [0, 0.1) is 0 Å². The Balaban J connectivity index is 1.45. The quantitative estimate of drug-likeness (QED) is 0.239. The molecule has 0 bridgehead atoms. The summed E-state index contributed by atoms with van der Waals surface area (Å²) in [7, 11) is 0. The maximum absolute atomic E-state index is 12.0. The molecule has 2 amide bonds. The van der Waals surface area contributed by atoms with Crippen LogP contribution in [0.1, 0.15) is 28.4 Å². The lowest BCUT2D eigenvalue weighted by atomic mass is 10.2. The molecule has 0 atom stereocenters. The molecule has 0 aliphatic heterocycles. The van der Waals surface area contributed by atoms with Crippen LogP contribution in [0.5, 0.6) is 5.75 Å². The van der Waals surface area contributed by atoms with Crippen LogP contribution in [0.25, 0.3) is 0 Å². The monoisotopic (exact) mass is 445 g/mol. The molecule has 0 spiro atoms. The first-order valence-electron chi connectivity index (χ1n) is 10.2. The number of esters is 1. The summed E-state index contributed by atoms with van der Waals surface area (Å²) < 4.78 is 10.6. The van der Waals surface area contributed by atoms with E-state index in [1.807, 2.05) is 30.3 Å². The van der Waals surface area contributed by atoms with Gasteiger partial charge in [0.1, 0.15) is 12.4 Å². The standard InChI is InChI=1S/C25H23N3O5/c1-2-32-25(31)20-10-12-21(13-11-20)27-23(29)24(30)28-26-16-18-8-14-22(15-9-18)33-17-19-6-4-3-5-7-19/h3-16H,2,17H2,1H3,(H,27,29)(H,28,30)/b26-16-. The normalized spacial score (nSPS) is 10.5. The Morgan fingerprint density at radius 3 is 2.24 bits per heavy atom. The Labute approximate surface area is 191 Å². The van der Waals surface area contributed by atoms with Gasteiger partial charge in [-0.1, -0.05) is 30.3 Å². The highest BCUT2D eigenvalue weighted by molar-refractivity contribution is 6.39. The maximum atomic E-state index is 12.0. The Morgan fingerprint density at radius 2 is 1.58 bits per heavy atom. The van der Waals surface area contributed by atoms with Gasteiger partial charge in [-0.05, 0) is 66.6 Å². The van der Waals surface area contributed by atoms with E-state index < -0.39 is 17.8 Å². The maximum Gasteiger partial charge on any atom is 0.338 e. The molecule has 0 aliphatic carbocycles. The van der Waals surface area contributed by atoms with Gasteiger partial charge in [-0.3, -0.25) is 9.59 Å². The van der Waals surface area contributed by atoms with Crippen molar-refractivity contribution in [3.8, 4) is 5.75 Å². The number of anilines is 1. The Hall–Kier alpha value is -4.46. The number of hydrazone groups is 1. The number of hydrogen-bond acceptors (Lipinski definition) is 6. The van der Waals surface area contributed by atoms with E-state index in [0.717, 1.165) is 11.1 Å². The van der Waals surface area contributed by atoms with E-state index in [1.54, 1.807) is 31.2 Å². The highest BCUT2D eigenvalue weighted by atomic mass is 16.5. The molecule has 0 radical (unpaired) electrons. The lowest BCUT2D eigenvalue weighted by Gasteiger charge is -2.06. The van der Waals surface area contributed by atoms with E-state index in [0.29, 0.717) is 23.6 Å². The topological polar surface area (TPSA) is 106 Å². The first-order valence-corrected chi connectivity index (χ1v) is 10.2. The second-order valence-corrected chi connectivity index (χ2v) is 6.79. The van der Waals surface area contributed by atoms with Gasteiger partial charge in [0.2, 0.25) is 0 Å². The number of carbonyl (C=O) groups is 3. The lowest BCUT2D eigenvalue weighted by Crippen LogP contribution is -2.32. The lowest BCUT2D eigenvalue weighted by molar-refractivity contribution is -0.136. The molecule has 3 rings (SSSR count). The third kappa shape index (κ3) is 7.32. The van der Waals surface area contributed by atoms with Crippen LogP contribution in [0.15, 0.2) is 84.0 Å². The van der Waals surface area contributed by atoms with E-state index >= 15 is 0 Å². The van der Waals surface area contributed by atoms with Gasteiger partial charge in [0.15, 0.2) is 0 Å². The molecule has 0 aliphatic rings. The highest BCUT2D eigenvalue weighted by Gasteiger charge is 2.13. The summed E-state index contributed by atoms with van der Waals surface area (Å²) in [6.45, 7) is 2.44. The minimum absolute atomic E-state index is 0.268. The highest BCUT2D eigenvalue weighted by Crippen LogP contribution is 2.13. The van der Waals surface area contributed by atoms with Gasteiger partial charge in [-0.2, -0.15) is 5.10 Å². The first-order chi connectivity index (χ1) is 16.0. The zero-order valence-electron chi connectivity index (χ0n) is 18.0. The number of ether oxygens (including phenoxy) is 2. The van der Waals surface area contributed by atoms with E-state index in [9.17, 15) is 14.4 Å². The van der Waals surface area contributed by atoms with Crippen molar-refractivity contribution in [3.05, 3.63) is 95.6 Å². The van der Waals surface area contributed by atoms with Gasteiger partial charge >= 0.3 is 17.8 Å². The summed E-state index contributed by atoms with van der Waals surface area (Å²) in [5, 5.41) is 6.23. The number of hydrogen-bond donors (Lipinski definition) is 2. The molecule has 3 aromatic carbocycles. The Bertz CT molecular complexity index is 1110. The van der Waals surface area contributed by atoms with Gasteiger partial charge in [0.05, 0.1) is 18.4 Å². The summed E-state index contributed by atoms with van der Waals surface area (Å²) in [6.07, 6.45) is 1.42. The molecule has 0 unspecified atom stereocenters. The van der Waals surface area contributed by atoms with Crippen LogP contribution in [0.4, 0.5) is 5.69 Å². The predicted molar refractivity (Wildman–Crippen MR) is 124 cm³/mol. The Kier molecular flexibility index (Phi) is 8.30. The predicted octanol–water partition coefficient (Wildman–Crippen LogP) is 3.53. The number of benzene rings is 3. The van der Waals surface area contributed by atoms with Gasteiger partial charge in [-0.15, -0.1) is 0 Å². The zero-order chi connectivity index (χ0) is 23.5. The number of carbonyl (C=O) groups excluding carboxylic acids is 3. The van der Waals surface area contributed by atoms with Crippen molar-refractivity contribution in [2.75, 3.05) is 11.9 Å².